The van der Waals surface area contributed by atoms with Crippen LogP contribution in [0.25, 0.3) is 11.5 Å². The van der Waals surface area contributed by atoms with E-state index in [4.69, 9.17) is 21.3 Å². The lowest BCUT2D eigenvalue weighted by atomic mass is 10.1. The minimum atomic E-state index is -0.468. The molecule has 136 valence electrons. The van der Waals surface area contributed by atoms with E-state index in [1.165, 1.54) is 11.8 Å². The molecular weight excluding hydrogens is 384 g/mol. The summed E-state index contributed by atoms with van der Waals surface area (Å²) in [6, 6.07) is 14.4. The number of amides is 1. The average molecular weight is 399 g/mol. The highest BCUT2D eigenvalue weighted by molar-refractivity contribution is 8.00. The fraction of sp³-hybridized carbons (Fsp3) is 0.158. The number of hydrogen-bond acceptors (Lipinski definition) is 6. The van der Waals surface area contributed by atoms with Crippen molar-refractivity contribution in [3.63, 3.8) is 0 Å². The van der Waals surface area contributed by atoms with Crippen LogP contribution in [0.5, 0.6) is 0 Å². The monoisotopic (exact) mass is 398 g/mol. The number of benzene rings is 2. The molecule has 0 spiro atoms. The van der Waals surface area contributed by atoms with E-state index in [0.717, 1.165) is 11.1 Å². The van der Waals surface area contributed by atoms with Crippen LogP contribution < -0.4 is 5.32 Å². The van der Waals surface area contributed by atoms with Crippen molar-refractivity contribution in [2.45, 2.75) is 24.3 Å². The summed E-state index contributed by atoms with van der Waals surface area (Å²) in [5.74, 6) is 0.179. The molecule has 8 heteroatoms. The van der Waals surface area contributed by atoms with Crippen LogP contribution in [0.4, 0.5) is 5.69 Å². The van der Waals surface area contributed by atoms with Crippen LogP contribution in [0.2, 0.25) is 5.02 Å². The maximum absolute atomic E-state index is 12.4. The van der Waals surface area contributed by atoms with Gasteiger partial charge >= 0.3 is 0 Å². The number of aromatic nitrogens is 2. The summed E-state index contributed by atoms with van der Waals surface area (Å²) in [4.78, 5) is 12.4. The van der Waals surface area contributed by atoms with Gasteiger partial charge in [-0.3, -0.25) is 4.79 Å². The highest BCUT2D eigenvalue weighted by Crippen LogP contribution is 2.28. The number of carbonyl (C=O) groups excluding carboxylic acids is 1. The third-order valence-corrected chi connectivity index (χ3v) is 5.03. The number of halogens is 1. The number of rotatable bonds is 5. The molecule has 1 N–H and O–H groups in total. The van der Waals surface area contributed by atoms with Crippen molar-refractivity contribution in [1.82, 2.24) is 10.2 Å². The van der Waals surface area contributed by atoms with E-state index >= 15 is 0 Å². The number of nitrogens with one attached hydrogen (secondary N) is 1. The quantitative estimate of drug-likeness (QED) is 0.627. The van der Waals surface area contributed by atoms with E-state index in [2.05, 4.69) is 15.5 Å². The Kier molecular flexibility index (Phi) is 5.79. The Morgan fingerprint density at radius 2 is 2.07 bits per heavy atom. The van der Waals surface area contributed by atoms with Crippen molar-refractivity contribution in [2.24, 2.45) is 0 Å². The number of hydrogen-bond donors (Lipinski definition) is 1. The molecule has 0 radical (unpaired) electrons. The summed E-state index contributed by atoms with van der Waals surface area (Å²) in [5.41, 5.74) is 2.76. The maximum atomic E-state index is 12.4. The highest BCUT2D eigenvalue weighted by Gasteiger charge is 2.19. The predicted octanol–water partition coefficient (Wildman–Crippen LogP) is 4.69. The molecule has 0 fully saturated rings. The van der Waals surface area contributed by atoms with Gasteiger partial charge in [-0.1, -0.05) is 41.6 Å². The molecule has 0 aliphatic rings. The molecule has 1 amide bonds. The third-order valence-electron chi connectivity index (χ3n) is 3.79. The molecule has 0 saturated carbocycles. The van der Waals surface area contributed by atoms with Gasteiger partial charge in [0, 0.05) is 11.3 Å². The van der Waals surface area contributed by atoms with Crippen molar-refractivity contribution in [3.8, 4) is 17.5 Å². The number of nitrogens with zero attached hydrogens (tertiary/aromatic N) is 3. The minimum absolute atomic E-state index is 0.239. The van der Waals surface area contributed by atoms with Gasteiger partial charge in [-0.05, 0) is 43.7 Å². The standard InChI is InChI=1S/C19H15ClN4O2S/c1-11-5-3-4-6-15(11)18-23-24-19(26-18)27-12(2)17(25)22-14-8-7-13(10-21)16(20)9-14/h3-9,12H,1-2H3,(H,22,25)/t12-/m0/s1. The van der Waals surface area contributed by atoms with E-state index < -0.39 is 5.25 Å². The second-order valence-corrected chi connectivity index (χ2v) is 7.44. The number of aryl methyl sites for hydroxylation is 1. The van der Waals surface area contributed by atoms with Crippen LogP contribution in [0.1, 0.15) is 18.1 Å². The Labute approximate surface area is 165 Å². The fourth-order valence-electron chi connectivity index (χ4n) is 2.31. The van der Waals surface area contributed by atoms with Crippen LogP contribution in [0.15, 0.2) is 52.1 Å². The van der Waals surface area contributed by atoms with Gasteiger partial charge in [0.15, 0.2) is 0 Å². The van der Waals surface area contributed by atoms with Gasteiger partial charge in [0.1, 0.15) is 6.07 Å². The van der Waals surface area contributed by atoms with E-state index in [1.54, 1.807) is 25.1 Å². The Morgan fingerprint density at radius 3 is 2.78 bits per heavy atom. The Hall–Kier alpha value is -2.82. The predicted molar refractivity (Wildman–Crippen MR) is 105 cm³/mol. The van der Waals surface area contributed by atoms with Gasteiger partial charge in [0.25, 0.3) is 5.22 Å². The maximum Gasteiger partial charge on any atom is 0.277 e. The molecule has 27 heavy (non-hydrogen) atoms. The smallest absolute Gasteiger partial charge is 0.277 e. The lowest BCUT2D eigenvalue weighted by Crippen LogP contribution is -2.22. The molecule has 1 atom stereocenters. The Morgan fingerprint density at radius 1 is 1.30 bits per heavy atom. The molecule has 0 unspecified atom stereocenters. The SMILES string of the molecule is Cc1ccccc1-c1nnc(S[C@@H](C)C(=O)Nc2ccc(C#N)c(Cl)c2)o1. The molecule has 0 aliphatic carbocycles. The van der Waals surface area contributed by atoms with Crippen LogP contribution in [0, 0.1) is 18.3 Å². The molecule has 3 rings (SSSR count). The van der Waals surface area contributed by atoms with E-state index in [-0.39, 0.29) is 10.9 Å². The molecule has 6 nitrogen and oxygen atoms in total. The van der Waals surface area contributed by atoms with Crippen molar-refractivity contribution in [3.05, 3.63) is 58.6 Å². The van der Waals surface area contributed by atoms with Crippen LogP contribution in [-0.2, 0) is 4.79 Å². The van der Waals surface area contributed by atoms with Crippen LogP contribution in [0.3, 0.4) is 0 Å². The van der Waals surface area contributed by atoms with Gasteiger partial charge in [-0.25, -0.2) is 0 Å². The first-order chi connectivity index (χ1) is 13.0. The lowest BCUT2D eigenvalue weighted by Gasteiger charge is -2.10. The Bertz CT molecular complexity index is 1030. The topological polar surface area (TPSA) is 91.8 Å². The van der Waals surface area contributed by atoms with E-state index in [1.807, 2.05) is 37.3 Å². The zero-order chi connectivity index (χ0) is 19.4. The summed E-state index contributed by atoms with van der Waals surface area (Å²) in [5, 5.41) is 19.9. The number of anilines is 1. The van der Waals surface area contributed by atoms with Crippen LogP contribution >= 0.6 is 23.4 Å². The molecule has 2 aromatic carbocycles. The number of thioether (sulfide) groups is 1. The average Bonchev–Trinajstić information content (AvgIpc) is 3.10. The summed E-state index contributed by atoms with van der Waals surface area (Å²) < 4.78 is 5.67. The zero-order valence-corrected chi connectivity index (χ0v) is 16.1. The first-order valence-corrected chi connectivity index (χ1v) is 9.30. The second kappa shape index (κ2) is 8.25. The van der Waals surface area contributed by atoms with Gasteiger partial charge in [0.05, 0.1) is 15.8 Å². The summed E-state index contributed by atoms with van der Waals surface area (Å²) >= 11 is 7.15. The molecule has 0 saturated heterocycles. The second-order valence-electron chi connectivity index (χ2n) is 5.74. The summed E-state index contributed by atoms with van der Waals surface area (Å²) in [6.07, 6.45) is 0. The highest BCUT2D eigenvalue weighted by atomic mass is 35.5. The number of carbonyl (C=O) groups is 1. The van der Waals surface area contributed by atoms with Crippen LogP contribution in [-0.4, -0.2) is 21.4 Å². The molecule has 3 aromatic rings. The summed E-state index contributed by atoms with van der Waals surface area (Å²) in [6.45, 7) is 3.70. The van der Waals surface area contributed by atoms with Crippen molar-refractivity contribution in [1.29, 1.82) is 5.26 Å². The first kappa shape index (κ1) is 19.0. The molecule has 1 heterocycles. The van der Waals surface area contributed by atoms with Gasteiger partial charge in [-0.2, -0.15) is 5.26 Å². The van der Waals surface area contributed by atoms with Crippen molar-refractivity contribution >= 4 is 35.0 Å². The zero-order valence-electron chi connectivity index (χ0n) is 14.6. The number of nitriles is 1. The first-order valence-electron chi connectivity index (χ1n) is 8.04. The largest absolute Gasteiger partial charge is 0.411 e. The van der Waals surface area contributed by atoms with E-state index in [0.29, 0.717) is 22.4 Å². The molecule has 0 aliphatic heterocycles. The summed E-state index contributed by atoms with van der Waals surface area (Å²) in [7, 11) is 0. The fourth-order valence-corrected chi connectivity index (χ4v) is 3.22. The van der Waals surface area contributed by atoms with Gasteiger partial charge in [-0.15, -0.1) is 10.2 Å². The van der Waals surface area contributed by atoms with Gasteiger partial charge < -0.3 is 9.73 Å². The molecule has 1 aromatic heterocycles. The molecule has 0 bridgehead atoms. The molecular formula is C19H15ClN4O2S. The van der Waals surface area contributed by atoms with E-state index in [9.17, 15) is 4.79 Å². The minimum Gasteiger partial charge on any atom is -0.411 e. The lowest BCUT2D eigenvalue weighted by molar-refractivity contribution is -0.115. The normalized spacial score (nSPS) is 11.6. The third kappa shape index (κ3) is 4.48. The van der Waals surface area contributed by atoms with Gasteiger partial charge in [0.2, 0.25) is 11.8 Å². The van der Waals surface area contributed by atoms with Crippen molar-refractivity contribution in [2.75, 3.05) is 5.32 Å². The Balaban J connectivity index is 1.66. The van der Waals surface area contributed by atoms with Crippen molar-refractivity contribution < 1.29 is 9.21 Å².